The summed E-state index contributed by atoms with van der Waals surface area (Å²) in [5, 5.41) is 6.88. The molecule has 0 aliphatic rings. The highest BCUT2D eigenvalue weighted by Gasteiger charge is 2.09. The van der Waals surface area contributed by atoms with Gasteiger partial charge in [0.2, 0.25) is 5.89 Å². The smallest absolute Gasteiger partial charge is 0.227 e. The number of ketones is 1. The molecule has 0 aliphatic carbocycles. The molecule has 2 rings (SSSR count). The van der Waals surface area contributed by atoms with Crippen LogP contribution in [-0.4, -0.2) is 20.9 Å². The van der Waals surface area contributed by atoms with Gasteiger partial charge in [-0.1, -0.05) is 5.16 Å². The molecule has 2 aromatic heterocycles. The molecule has 0 aromatic carbocycles. The molecule has 0 saturated heterocycles. The van der Waals surface area contributed by atoms with Crippen molar-refractivity contribution in [1.82, 2.24) is 15.1 Å². The number of rotatable bonds is 5. The van der Waals surface area contributed by atoms with Crippen LogP contribution in [0.5, 0.6) is 0 Å². The van der Waals surface area contributed by atoms with Crippen LogP contribution in [0.4, 0.5) is 0 Å². The number of nitrogens with zero attached hydrogens (tertiary/aromatic N) is 3. The van der Waals surface area contributed by atoms with Crippen molar-refractivity contribution in [3.05, 3.63) is 27.8 Å². The van der Waals surface area contributed by atoms with E-state index in [0.29, 0.717) is 31.0 Å². The van der Waals surface area contributed by atoms with Crippen molar-refractivity contribution in [2.75, 3.05) is 0 Å². The zero-order valence-corrected chi connectivity index (χ0v) is 10.6. The van der Waals surface area contributed by atoms with E-state index < -0.39 is 0 Å². The minimum absolute atomic E-state index is 0.125. The lowest BCUT2D eigenvalue weighted by atomic mass is 10.2. The Bertz CT molecular complexity index is 518. The molecule has 0 amide bonds. The van der Waals surface area contributed by atoms with Gasteiger partial charge in [-0.25, -0.2) is 4.98 Å². The lowest BCUT2D eigenvalue weighted by molar-refractivity contribution is -0.117. The van der Waals surface area contributed by atoms with Crippen molar-refractivity contribution in [2.24, 2.45) is 0 Å². The van der Waals surface area contributed by atoms with E-state index >= 15 is 0 Å². The molecule has 0 unspecified atom stereocenters. The van der Waals surface area contributed by atoms with Gasteiger partial charge in [0.15, 0.2) is 5.82 Å². The molecule has 0 aliphatic heterocycles. The topological polar surface area (TPSA) is 68.9 Å². The Kier molecular flexibility index (Phi) is 3.63. The van der Waals surface area contributed by atoms with Crippen molar-refractivity contribution in [2.45, 2.75) is 33.1 Å². The predicted molar refractivity (Wildman–Crippen MR) is 63.0 cm³/mol. The number of hydrogen-bond acceptors (Lipinski definition) is 6. The van der Waals surface area contributed by atoms with Gasteiger partial charge in [-0.2, -0.15) is 4.98 Å². The summed E-state index contributed by atoms with van der Waals surface area (Å²) >= 11 is 1.60. The second-order valence-corrected chi connectivity index (χ2v) is 4.90. The third kappa shape index (κ3) is 3.45. The van der Waals surface area contributed by atoms with Crippen molar-refractivity contribution in [3.63, 3.8) is 0 Å². The molecule has 17 heavy (non-hydrogen) atoms. The number of carbonyl (C=O) groups excluding carboxylic acids is 1. The second kappa shape index (κ2) is 5.18. The minimum atomic E-state index is 0.125. The predicted octanol–water partition coefficient (Wildman–Crippen LogP) is 1.95. The van der Waals surface area contributed by atoms with Gasteiger partial charge in [0, 0.05) is 18.2 Å². The van der Waals surface area contributed by atoms with Crippen LogP contribution in [0.15, 0.2) is 9.90 Å². The molecular weight excluding hydrogens is 238 g/mol. The number of Topliss-reactive ketones (excluding diaryl/α,β-unsaturated/α-hetero) is 1. The van der Waals surface area contributed by atoms with Gasteiger partial charge in [0.05, 0.1) is 17.1 Å². The Labute approximate surface area is 103 Å². The molecule has 2 aromatic rings. The van der Waals surface area contributed by atoms with Gasteiger partial charge in [0.25, 0.3) is 0 Å². The van der Waals surface area contributed by atoms with E-state index in [4.69, 9.17) is 4.52 Å². The molecule has 0 fully saturated rings. The average Bonchev–Trinajstić information content (AvgIpc) is 2.86. The van der Waals surface area contributed by atoms with E-state index in [9.17, 15) is 4.79 Å². The summed E-state index contributed by atoms with van der Waals surface area (Å²) in [5.41, 5.74) is 0.950. The third-order valence-electron chi connectivity index (χ3n) is 2.21. The first-order valence-electron chi connectivity index (χ1n) is 5.35. The lowest BCUT2D eigenvalue weighted by Gasteiger charge is -1.89. The van der Waals surface area contributed by atoms with Crippen LogP contribution in [-0.2, 0) is 17.6 Å². The third-order valence-corrected chi connectivity index (χ3v) is 3.03. The number of aryl methyl sites for hydroxylation is 2. The average molecular weight is 251 g/mol. The largest absolute Gasteiger partial charge is 0.339 e. The van der Waals surface area contributed by atoms with Gasteiger partial charge in [-0.05, 0) is 13.8 Å². The molecule has 6 heteroatoms. The number of carbonyl (C=O) groups is 1. The highest BCUT2D eigenvalue weighted by atomic mass is 32.1. The summed E-state index contributed by atoms with van der Waals surface area (Å²) in [6, 6.07) is 0. The Balaban J connectivity index is 1.96. The first-order chi connectivity index (χ1) is 8.13. The number of aromatic nitrogens is 3. The maximum atomic E-state index is 10.8. The fourth-order valence-corrected chi connectivity index (χ4v) is 2.01. The monoisotopic (exact) mass is 251 g/mol. The van der Waals surface area contributed by atoms with E-state index in [1.807, 2.05) is 12.3 Å². The molecule has 0 N–H and O–H groups in total. The number of hydrogen-bond donors (Lipinski definition) is 0. The Morgan fingerprint density at radius 1 is 1.47 bits per heavy atom. The summed E-state index contributed by atoms with van der Waals surface area (Å²) in [6.07, 6.45) is 1.53. The maximum Gasteiger partial charge on any atom is 0.227 e. The lowest BCUT2D eigenvalue weighted by Crippen LogP contribution is -1.95. The molecule has 0 bridgehead atoms. The van der Waals surface area contributed by atoms with E-state index in [2.05, 4.69) is 15.1 Å². The molecular formula is C11H13N3O2S. The quantitative estimate of drug-likeness (QED) is 0.812. The van der Waals surface area contributed by atoms with Crippen LogP contribution in [0.2, 0.25) is 0 Å². The zero-order chi connectivity index (χ0) is 12.3. The summed E-state index contributed by atoms with van der Waals surface area (Å²) < 4.78 is 5.06. The standard InChI is InChI=1S/C11H13N3O2S/c1-7(15)3-4-11-13-10(14-16-11)5-9-6-17-8(2)12-9/h6H,3-5H2,1-2H3. The van der Waals surface area contributed by atoms with Gasteiger partial charge in [-0.3, -0.25) is 0 Å². The van der Waals surface area contributed by atoms with E-state index in [-0.39, 0.29) is 5.78 Å². The molecule has 0 atom stereocenters. The van der Waals surface area contributed by atoms with Crippen LogP contribution in [0.3, 0.4) is 0 Å². The molecule has 5 nitrogen and oxygen atoms in total. The molecule has 0 spiro atoms. The van der Waals surface area contributed by atoms with E-state index in [0.717, 1.165) is 10.7 Å². The van der Waals surface area contributed by atoms with Crippen molar-refractivity contribution in [1.29, 1.82) is 0 Å². The first kappa shape index (κ1) is 11.9. The fraction of sp³-hybridized carbons (Fsp3) is 0.455. The van der Waals surface area contributed by atoms with Gasteiger partial charge in [0.1, 0.15) is 5.78 Å². The van der Waals surface area contributed by atoms with Crippen LogP contribution >= 0.6 is 11.3 Å². The zero-order valence-electron chi connectivity index (χ0n) is 9.77. The van der Waals surface area contributed by atoms with Crippen LogP contribution in [0.25, 0.3) is 0 Å². The minimum Gasteiger partial charge on any atom is -0.339 e. The summed E-state index contributed by atoms with van der Waals surface area (Å²) in [6.45, 7) is 3.51. The van der Waals surface area contributed by atoms with E-state index in [1.165, 1.54) is 0 Å². The summed E-state index contributed by atoms with van der Waals surface area (Å²) in [4.78, 5) is 19.4. The molecule has 0 radical (unpaired) electrons. The van der Waals surface area contributed by atoms with Crippen molar-refractivity contribution >= 4 is 17.1 Å². The van der Waals surface area contributed by atoms with Crippen LogP contribution in [0, 0.1) is 6.92 Å². The molecule has 90 valence electrons. The Morgan fingerprint density at radius 2 is 2.29 bits per heavy atom. The van der Waals surface area contributed by atoms with Crippen LogP contribution in [0.1, 0.15) is 35.8 Å². The van der Waals surface area contributed by atoms with Gasteiger partial charge < -0.3 is 9.32 Å². The maximum absolute atomic E-state index is 10.8. The number of thiazole rings is 1. The summed E-state index contributed by atoms with van der Waals surface area (Å²) in [7, 11) is 0. The normalized spacial score (nSPS) is 10.7. The molecule has 2 heterocycles. The van der Waals surface area contributed by atoms with Crippen molar-refractivity contribution < 1.29 is 9.32 Å². The second-order valence-electron chi connectivity index (χ2n) is 3.84. The van der Waals surface area contributed by atoms with Crippen molar-refractivity contribution in [3.8, 4) is 0 Å². The summed E-state index contributed by atoms with van der Waals surface area (Å²) in [5.74, 6) is 1.26. The highest BCUT2D eigenvalue weighted by molar-refractivity contribution is 7.09. The highest BCUT2D eigenvalue weighted by Crippen LogP contribution is 2.11. The van der Waals surface area contributed by atoms with Crippen LogP contribution < -0.4 is 0 Å². The Morgan fingerprint density at radius 3 is 2.94 bits per heavy atom. The molecule has 0 saturated carbocycles. The first-order valence-corrected chi connectivity index (χ1v) is 6.23. The Hall–Kier alpha value is -1.56. The SMILES string of the molecule is CC(=O)CCc1nc(Cc2csc(C)n2)no1. The van der Waals surface area contributed by atoms with E-state index in [1.54, 1.807) is 18.3 Å². The van der Waals surface area contributed by atoms with Gasteiger partial charge >= 0.3 is 0 Å². The van der Waals surface area contributed by atoms with Gasteiger partial charge in [-0.15, -0.1) is 11.3 Å². The fourth-order valence-electron chi connectivity index (χ4n) is 1.40.